The zero-order valence-electron chi connectivity index (χ0n) is 16.5. The molecule has 0 amide bonds. The Balaban J connectivity index is 1.90. The molecule has 1 fully saturated rings. The fourth-order valence-electron chi connectivity index (χ4n) is 3.95. The zero-order valence-corrected chi connectivity index (χ0v) is 16.5. The maximum absolute atomic E-state index is 14.8. The topological polar surface area (TPSA) is 9.23 Å². The summed E-state index contributed by atoms with van der Waals surface area (Å²) in [5, 5.41) is 0. The van der Waals surface area contributed by atoms with Crippen LogP contribution in [0, 0.1) is 29.2 Å². The van der Waals surface area contributed by atoms with E-state index < -0.39 is 23.3 Å². The van der Waals surface area contributed by atoms with Crippen LogP contribution in [0.3, 0.4) is 0 Å². The third-order valence-electron chi connectivity index (χ3n) is 5.46. The summed E-state index contributed by atoms with van der Waals surface area (Å²) >= 11 is 0. The summed E-state index contributed by atoms with van der Waals surface area (Å²) in [7, 11) is 0. The van der Waals surface area contributed by atoms with E-state index in [1.807, 2.05) is 13.0 Å². The van der Waals surface area contributed by atoms with Crippen LogP contribution in [-0.2, 0) is 0 Å². The fraction of sp³-hybridized carbons (Fsp3) is 0.333. The number of halogens is 4. The molecule has 0 atom stereocenters. The van der Waals surface area contributed by atoms with E-state index in [1.54, 1.807) is 6.92 Å². The van der Waals surface area contributed by atoms with E-state index in [0.717, 1.165) is 25.7 Å². The van der Waals surface area contributed by atoms with Gasteiger partial charge in [0.05, 0.1) is 6.26 Å². The molecule has 0 aromatic heterocycles. The van der Waals surface area contributed by atoms with Crippen molar-refractivity contribution in [2.45, 2.75) is 45.4 Å². The number of hydrogen-bond donors (Lipinski definition) is 0. The van der Waals surface area contributed by atoms with Crippen molar-refractivity contribution in [2.75, 3.05) is 0 Å². The SMILES string of the molecule is CC=COc1ccc(-c2ccc(C3CCC(C=CC)CC3)c(F)c2F)c(F)c1F. The van der Waals surface area contributed by atoms with Crippen molar-refractivity contribution < 1.29 is 22.3 Å². The average molecular weight is 404 g/mol. The maximum Gasteiger partial charge on any atom is 0.201 e. The number of hydrogen-bond acceptors (Lipinski definition) is 1. The van der Waals surface area contributed by atoms with Gasteiger partial charge in [-0.15, -0.1) is 0 Å². The molecule has 154 valence electrons. The Kier molecular flexibility index (Phi) is 6.78. The van der Waals surface area contributed by atoms with Crippen molar-refractivity contribution in [2.24, 2.45) is 5.92 Å². The van der Waals surface area contributed by atoms with E-state index in [1.165, 1.54) is 36.6 Å². The fourth-order valence-corrected chi connectivity index (χ4v) is 3.95. The van der Waals surface area contributed by atoms with E-state index in [-0.39, 0.29) is 22.8 Å². The minimum Gasteiger partial charge on any atom is -0.462 e. The van der Waals surface area contributed by atoms with E-state index in [0.29, 0.717) is 11.5 Å². The summed E-state index contributed by atoms with van der Waals surface area (Å²) in [5.74, 6) is -4.57. The molecular weight excluding hydrogens is 380 g/mol. The largest absolute Gasteiger partial charge is 0.462 e. The molecule has 0 spiro atoms. The van der Waals surface area contributed by atoms with Gasteiger partial charge in [-0.1, -0.05) is 30.4 Å². The van der Waals surface area contributed by atoms with Crippen LogP contribution in [0.2, 0.25) is 0 Å². The van der Waals surface area contributed by atoms with Gasteiger partial charge in [0.25, 0.3) is 0 Å². The molecule has 1 saturated carbocycles. The molecule has 5 heteroatoms. The summed E-state index contributed by atoms with van der Waals surface area (Å²) in [6.45, 7) is 3.64. The second-order valence-corrected chi connectivity index (χ2v) is 7.29. The Morgan fingerprint density at radius 1 is 0.759 bits per heavy atom. The highest BCUT2D eigenvalue weighted by Crippen LogP contribution is 2.40. The third-order valence-corrected chi connectivity index (χ3v) is 5.46. The van der Waals surface area contributed by atoms with Crippen molar-refractivity contribution in [1.82, 2.24) is 0 Å². The van der Waals surface area contributed by atoms with Crippen LogP contribution in [0.15, 0.2) is 48.8 Å². The molecule has 0 aliphatic heterocycles. The Morgan fingerprint density at radius 2 is 1.38 bits per heavy atom. The van der Waals surface area contributed by atoms with Crippen molar-refractivity contribution in [3.63, 3.8) is 0 Å². The van der Waals surface area contributed by atoms with Gasteiger partial charge < -0.3 is 4.74 Å². The molecule has 0 bridgehead atoms. The Morgan fingerprint density at radius 3 is 2.00 bits per heavy atom. The van der Waals surface area contributed by atoms with Gasteiger partial charge in [-0.05, 0) is 69.1 Å². The van der Waals surface area contributed by atoms with Crippen LogP contribution in [0.5, 0.6) is 5.75 Å². The van der Waals surface area contributed by atoms with Crippen LogP contribution in [0.4, 0.5) is 17.6 Å². The lowest BCUT2D eigenvalue weighted by atomic mass is 9.78. The summed E-state index contributed by atoms with van der Waals surface area (Å²) in [5.41, 5.74) is -0.336. The first-order chi connectivity index (χ1) is 14.0. The molecule has 1 aliphatic rings. The lowest BCUT2D eigenvalue weighted by Gasteiger charge is -2.27. The number of ether oxygens (including phenoxy) is 1. The van der Waals surface area contributed by atoms with Gasteiger partial charge >= 0.3 is 0 Å². The lowest BCUT2D eigenvalue weighted by Crippen LogP contribution is -2.13. The normalized spacial score (nSPS) is 19.9. The first kappa shape index (κ1) is 21.2. The van der Waals surface area contributed by atoms with E-state index >= 15 is 0 Å². The van der Waals surface area contributed by atoms with Crippen molar-refractivity contribution in [1.29, 1.82) is 0 Å². The van der Waals surface area contributed by atoms with E-state index in [2.05, 4.69) is 6.08 Å². The van der Waals surface area contributed by atoms with Crippen molar-refractivity contribution >= 4 is 0 Å². The van der Waals surface area contributed by atoms with Crippen LogP contribution in [0.1, 0.15) is 51.0 Å². The zero-order chi connectivity index (χ0) is 21.0. The van der Waals surface area contributed by atoms with Crippen LogP contribution < -0.4 is 4.74 Å². The Bertz CT molecular complexity index is 925. The first-order valence-corrected chi connectivity index (χ1v) is 9.84. The van der Waals surface area contributed by atoms with Crippen molar-refractivity contribution in [3.05, 3.63) is 77.6 Å². The highest BCUT2D eigenvalue weighted by molar-refractivity contribution is 5.66. The minimum atomic E-state index is -1.27. The smallest absolute Gasteiger partial charge is 0.201 e. The van der Waals surface area contributed by atoms with Gasteiger partial charge in [-0.25, -0.2) is 13.2 Å². The monoisotopic (exact) mass is 404 g/mol. The quantitative estimate of drug-likeness (QED) is 0.282. The Labute approximate surface area is 168 Å². The van der Waals surface area contributed by atoms with Gasteiger partial charge in [-0.3, -0.25) is 0 Å². The molecule has 0 radical (unpaired) electrons. The molecule has 1 aliphatic carbocycles. The number of benzene rings is 2. The summed E-state index contributed by atoms with van der Waals surface area (Å²) < 4.78 is 63.3. The highest BCUT2D eigenvalue weighted by atomic mass is 19.2. The molecular formula is C24H24F4O. The molecule has 3 rings (SSSR count). The number of allylic oxidation sites excluding steroid dienone is 3. The van der Waals surface area contributed by atoms with Crippen molar-refractivity contribution in [3.8, 4) is 16.9 Å². The lowest BCUT2D eigenvalue weighted by molar-refractivity contribution is 0.364. The second kappa shape index (κ2) is 9.29. The molecule has 29 heavy (non-hydrogen) atoms. The summed E-state index contributed by atoms with van der Waals surface area (Å²) in [4.78, 5) is 0. The van der Waals surface area contributed by atoms with Crippen LogP contribution in [0.25, 0.3) is 11.1 Å². The summed E-state index contributed by atoms with van der Waals surface area (Å²) in [6.07, 6.45) is 10.3. The standard InChI is InChI=1S/C24H24F4O/c1-3-5-15-6-8-16(9-7-15)17-10-11-18(22(26)21(17)25)19-12-13-20(29-14-4-2)24(28)23(19)27/h3-5,10-16H,6-9H2,1-2H3. The highest BCUT2D eigenvalue weighted by Gasteiger charge is 2.27. The molecule has 2 aromatic rings. The average Bonchev–Trinajstić information content (AvgIpc) is 2.73. The molecule has 0 saturated heterocycles. The first-order valence-electron chi connectivity index (χ1n) is 9.84. The van der Waals surface area contributed by atoms with Gasteiger partial charge in [0, 0.05) is 11.1 Å². The van der Waals surface area contributed by atoms with Crippen LogP contribution in [-0.4, -0.2) is 0 Å². The second-order valence-electron chi connectivity index (χ2n) is 7.29. The molecule has 0 heterocycles. The van der Waals surface area contributed by atoms with Gasteiger partial charge in [0.15, 0.2) is 23.2 Å². The number of rotatable bonds is 5. The van der Waals surface area contributed by atoms with Gasteiger partial charge in [-0.2, -0.15) is 4.39 Å². The predicted octanol–water partition coefficient (Wildman–Crippen LogP) is 7.67. The van der Waals surface area contributed by atoms with E-state index in [9.17, 15) is 17.6 Å². The molecule has 1 nitrogen and oxygen atoms in total. The maximum atomic E-state index is 14.8. The minimum absolute atomic E-state index is 0.0711. The molecule has 2 aromatic carbocycles. The van der Waals surface area contributed by atoms with Gasteiger partial charge in [0.2, 0.25) is 5.82 Å². The predicted molar refractivity (Wildman–Crippen MR) is 107 cm³/mol. The van der Waals surface area contributed by atoms with Gasteiger partial charge in [0.1, 0.15) is 0 Å². The molecule has 0 N–H and O–H groups in total. The van der Waals surface area contributed by atoms with Crippen LogP contribution >= 0.6 is 0 Å². The Hall–Kier alpha value is -2.56. The van der Waals surface area contributed by atoms with E-state index in [4.69, 9.17) is 4.74 Å². The molecule has 0 unspecified atom stereocenters. The summed E-state index contributed by atoms with van der Waals surface area (Å²) in [6, 6.07) is 5.21. The third kappa shape index (κ3) is 4.39.